The topological polar surface area (TPSA) is 94.6 Å². The molecule has 2 N–H and O–H groups in total. The predicted octanol–water partition coefficient (Wildman–Crippen LogP) is 4.71. The van der Waals surface area contributed by atoms with Crippen molar-refractivity contribution in [2.45, 2.75) is 11.7 Å². The number of fused-ring (bicyclic) bond motifs is 2. The fourth-order valence-corrected chi connectivity index (χ4v) is 4.17. The monoisotopic (exact) mass is 474 g/mol. The van der Waals surface area contributed by atoms with Crippen molar-refractivity contribution < 1.29 is 19.0 Å². The average molecular weight is 475 g/mol. The van der Waals surface area contributed by atoms with Gasteiger partial charge in [-0.05, 0) is 42.0 Å². The summed E-state index contributed by atoms with van der Waals surface area (Å²) in [7, 11) is 1.59. The first-order valence-corrected chi connectivity index (χ1v) is 11.6. The van der Waals surface area contributed by atoms with Crippen LogP contribution in [0.15, 0.2) is 71.9 Å². The van der Waals surface area contributed by atoms with Crippen molar-refractivity contribution in [1.82, 2.24) is 9.97 Å². The Bertz CT molecular complexity index is 1350. The predicted molar refractivity (Wildman–Crippen MR) is 132 cm³/mol. The maximum Gasteiger partial charge on any atom is 0.234 e. The van der Waals surface area contributed by atoms with Gasteiger partial charge >= 0.3 is 0 Å². The number of amides is 1. The standard InChI is InChI=1S/C25H22N4O4S/c1-31-18-6-4-5-17(12-18)27-23(30)14-34-25-28-20-8-3-2-7-19(20)24(29-25)26-13-16-9-10-21-22(11-16)33-15-32-21/h2-12H,13-15H2,1H3,(H,27,30)(H,26,28,29). The highest BCUT2D eigenvalue weighted by molar-refractivity contribution is 7.99. The maximum absolute atomic E-state index is 12.5. The molecule has 0 fully saturated rings. The number of benzene rings is 3. The second-order valence-corrected chi connectivity index (χ2v) is 8.42. The van der Waals surface area contributed by atoms with Crippen LogP contribution in [0.3, 0.4) is 0 Å². The van der Waals surface area contributed by atoms with E-state index in [0.717, 1.165) is 28.0 Å². The van der Waals surface area contributed by atoms with Gasteiger partial charge in [0.1, 0.15) is 11.6 Å². The van der Waals surface area contributed by atoms with Gasteiger partial charge in [-0.1, -0.05) is 36.0 Å². The van der Waals surface area contributed by atoms with Crippen LogP contribution in [-0.2, 0) is 11.3 Å². The molecule has 2 heterocycles. The Kier molecular flexibility index (Phi) is 6.35. The number of methoxy groups -OCH3 is 1. The number of thioether (sulfide) groups is 1. The first-order valence-electron chi connectivity index (χ1n) is 10.6. The fourth-order valence-electron chi connectivity index (χ4n) is 3.52. The maximum atomic E-state index is 12.5. The number of rotatable bonds is 8. The van der Waals surface area contributed by atoms with Crippen LogP contribution in [0.4, 0.5) is 11.5 Å². The van der Waals surface area contributed by atoms with Crippen molar-refractivity contribution in [3.8, 4) is 17.2 Å². The molecule has 0 bridgehead atoms. The van der Waals surface area contributed by atoms with Crippen LogP contribution in [0, 0.1) is 0 Å². The first-order chi connectivity index (χ1) is 16.7. The summed E-state index contributed by atoms with van der Waals surface area (Å²) >= 11 is 1.28. The van der Waals surface area contributed by atoms with E-state index in [1.54, 1.807) is 13.2 Å². The molecular weight excluding hydrogens is 452 g/mol. The van der Waals surface area contributed by atoms with E-state index in [9.17, 15) is 4.79 Å². The lowest BCUT2D eigenvalue weighted by Crippen LogP contribution is -2.14. The lowest BCUT2D eigenvalue weighted by atomic mass is 10.2. The quantitative estimate of drug-likeness (QED) is 0.280. The van der Waals surface area contributed by atoms with E-state index >= 15 is 0 Å². The molecule has 172 valence electrons. The number of hydrogen-bond acceptors (Lipinski definition) is 8. The van der Waals surface area contributed by atoms with Gasteiger partial charge in [-0.2, -0.15) is 0 Å². The minimum absolute atomic E-state index is 0.148. The fraction of sp³-hybridized carbons (Fsp3) is 0.160. The van der Waals surface area contributed by atoms with E-state index in [-0.39, 0.29) is 18.5 Å². The van der Waals surface area contributed by atoms with Crippen LogP contribution < -0.4 is 24.8 Å². The zero-order valence-electron chi connectivity index (χ0n) is 18.4. The molecule has 5 rings (SSSR count). The summed E-state index contributed by atoms with van der Waals surface area (Å²) in [6.45, 7) is 0.798. The summed E-state index contributed by atoms with van der Waals surface area (Å²) in [5.74, 6) is 2.91. The number of nitrogens with zero attached hydrogens (tertiary/aromatic N) is 2. The molecule has 0 aliphatic carbocycles. The number of para-hydroxylation sites is 1. The Morgan fingerprint density at radius 3 is 2.82 bits per heavy atom. The van der Waals surface area contributed by atoms with Gasteiger partial charge in [-0.15, -0.1) is 0 Å². The second-order valence-electron chi connectivity index (χ2n) is 7.48. The number of aromatic nitrogens is 2. The molecular formula is C25H22N4O4S. The van der Waals surface area contributed by atoms with Gasteiger partial charge in [0.2, 0.25) is 12.7 Å². The van der Waals surface area contributed by atoms with Gasteiger partial charge in [0, 0.05) is 23.7 Å². The normalized spacial score (nSPS) is 11.9. The Morgan fingerprint density at radius 2 is 1.91 bits per heavy atom. The number of hydrogen-bond donors (Lipinski definition) is 2. The first kappa shape index (κ1) is 21.8. The van der Waals surface area contributed by atoms with Gasteiger partial charge in [0.05, 0.1) is 18.4 Å². The van der Waals surface area contributed by atoms with E-state index in [2.05, 4.69) is 20.6 Å². The summed E-state index contributed by atoms with van der Waals surface area (Å²) in [6, 6.07) is 20.9. The van der Waals surface area contributed by atoms with Crippen LogP contribution in [0.5, 0.6) is 17.2 Å². The molecule has 0 radical (unpaired) electrons. The number of carbonyl (C=O) groups excluding carboxylic acids is 1. The molecule has 1 aliphatic heterocycles. The summed E-state index contributed by atoms with van der Waals surface area (Å²) in [5.41, 5.74) is 2.52. The third-order valence-corrected chi connectivity index (χ3v) is 6.01. The van der Waals surface area contributed by atoms with Crippen molar-refractivity contribution in [3.63, 3.8) is 0 Å². The minimum Gasteiger partial charge on any atom is -0.497 e. The SMILES string of the molecule is COc1cccc(NC(=O)CSc2nc(NCc3ccc4c(c3)OCO4)c3ccccc3n2)c1. The molecule has 1 aliphatic rings. The molecule has 0 atom stereocenters. The second kappa shape index (κ2) is 9.88. The van der Waals surface area contributed by atoms with Gasteiger partial charge in [-0.25, -0.2) is 9.97 Å². The van der Waals surface area contributed by atoms with Crippen molar-refractivity contribution >= 4 is 40.1 Å². The van der Waals surface area contributed by atoms with Crippen molar-refractivity contribution in [3.05, 3.63) is 72.3 Å². The molecule has 1 amide bonds. The molecule has 0 saturated heterocycles. The average Bonchev–Trinajstić information content (AvgIpc) is 3.34. The molecule has 9 heteroatoms. The number of anilines is 2. The molecule has 4 aromatic rings. The number of carbonyl (C=O) groups is 1. The highest BCUT2D eigenvalue weighted by atomic mass is 32.2. The largest absolute Gasteiger partial charge is 0.497 e. The van der Waals surface area contributed by atoms with E-state index in [4.69, 9.17) is 14.2 Å². The van der Waals surface area contributed by atoms with Crippen LogP contribution in [0.2, 0.25) is 0 Å². The Balaban J connectivity index is 1.28. The smallest absolute Gasteiger partial charge is 0.234 e. The van der Waals surface area contributed by atoms with Gasteiger partial charge in [0.15, 0.2) is 16.7 Å². The molecule has 3 aromatic carbocycles. The Morgan fingerprint density at radius 1 is 1.03 bits per heavy atom. The van der Waals surface area contributed by atoms with Crippen molar-refractivity contribution in [2.75, 3.05) is 30.3 Å². The van der Waals surface area contributed by atoms with E-state index in [0.29, 0.717) is 29.0 Å². The van der Waals surface area contributed by atoms with E-state index in [1.807, 2.05) is 60.7 Å². The number of ether oxygens (including phenoxy) is 3. The van der Waals surface area contributed by atoms with Crippen molar-refractivity contribution in [2.24, 2.45) is 0 Å². The minimum atomic E-state index is -0.148. The molecule has 8 nitrogen and oxygen atoms in total. The zero-order chi connectivity index (χ0) is 23.3. The van der Waals surface area contributed by atoms with Gasteiger partial charge in [-0.3, -0.25) is 4.79 Å². The third-order valence-electron chi connectivity index (χ3n) is 5.17. The van der Waals surface area contributed by atoms with Crippen LogP contribution in [-0.4, -0.2) is 35.5 Å². The molecule has 0 spiro atoms. The lowest BCUT2D eigenvalue weighted by Gasteiger charge is -2.11. The van der Waals surface area contributed by atoms with Crippen molar-refractivity contribution in [1.29, 1.82) is 0 Å². The highest BCUT2D eigenvalue weighted by Gasteiger charge is 2.14. The molecule has 1 aromatic heterocycles. The lowest BCUT2D eigenvalue weighted by molar-refractivity contribution is -0.113. The Labute approximate surface area is 200 Å². The zero-order valence-corrected chi connectivity index (χ0v) is 19.2. The number of nitrogens with one attached hydrogen (secondary N) is 2. The van der Waals surface area contributed by atoms with E-state index in [1.165, 1.54) is 11.8 Å². The molecule has 0 saturated carbocycles. The highest BCUT2D eigenvalue weighted by Crippen LogP contribution is 2.33. The van der Waals surface area contributed by atoms with Crippen LogP contribution >= 0.6 is 11.8 Å². The summed E-state index contributed by atoms with van der Waals surface area (Å²) in [5, 5.41) is 7.70. The van der Waals surface area contributed by atoms with Gasteiger partial charge in [0.25, 0.3) is 0 Å². The van der Waals surface area contributed by atoms with Gasteiger partial charge < -0.3 is 24.8 Å². The third kappa shape index (κ3) is 4.99. The Hall–Kier alpha value is -3.98. The van der Waals surface area contributed by atoms with Crippen LogP contribution in [0.25, 0.3) is 10.9 Å². The molecule has 34 heavy (non-hydrogen) atoms. The van der Waals surface area contributed by atoms with E-state index < -0.39 is 0 Å². The summed E-state index contributed by atoms with van der Waals surface area (Å²) in [4.78, 5) is 21.8. The van der Waals surface area contributed by atoms with Crippen LogP contribution in [0.1, 0.15) is 5.56 Å². The summed E-state index contributed by atoms with van der Waals surface area (Å²) < 4.78 is 16.0. The molecule has 0 unspecified atom stereocenters. The summed E-state index contributed by atoms with van der Waals surface area (Å²) in [6.07, 6.45) is 0.